The molecule has 0 atom stereocenters. The molecule has 1 aliphatic carbocycles. The number of nitrogens with zero attached hydrogens (tertiary/aromatic N) is 2. The molecule has 4 heteroatoms. The quantitative estimate of drug-likeness (QED) is 0.914. The van der Waals surface area contributed by atoms with Crippen molar-refractivity contribution in [1.29, 1.82) is 5.26 Å². The minimum atomic E-state index is -0.361. The van der Waals surface area contributed by atoms with E-state index in [1.54, 1.807) is 13.3 Å². The Morgan fingerprint density at radius 2 is 2.21 bits per heavy atom. The van der Waals surface area contributed by atoms with E-state index in [1.807, 2.05) is 19.1 Å². The lowest BCUT2D eigenvalue weighted by atomic mass is 10.1. The van der Waals surface area contributed by atoms with Gasteiger partial charge in [-0.15, -0.1) is 0 Å². The number of imidazole rings is 1. The second-order valence-electron chi connectivity index (χ2n) is 5.02. The third-order valence-electron chi connectivity index (χ3n) is 3.70. The van der Waals surface area contributed by atoms with Crippen LogP contribution in [-0.2, 0) is 5.41 Å². The lowest BCUT2D eigenvalue weighted by molar-refractivity contribution is 0.412. The van der Waals surface area contributed by atoms with Crippen molar-refractivity contribution >= 4 is 0 Å². The van der Waals surface area contributed by atoms with E-state index in [0.29, 0.717) is 0 Å². The van der Waals surface area contributed by atoms with Gasteiger partial charge in [-0.2, -0.15) is 5.26 Å². The highest BCUT2D eigenvalue weighted by Crippen LogP contribution is 2.46. The van der Waals surface area contributed by atoms with Crippen LogP contribution < -0.4 is 4.74 Å². The van der Waals surface area contributed by atoms with Crippen LogP contribution >= 0.6 is 0 Å². The lowest BCUT2D eigenvalue weighted by Gasteiger charge is -2.06. The monoisotopic (exact) mass is 253 g/mol. The van der Waals surface area contributed by atoms with Gasteiger partial charge in [-0.05, 0) is 43.5 Å². The van der Waals surface area contributed by atoms with Crippen LogP contribution in [0.3, 0.4) is 0 Å². The predicted octanol–water partition coefficient (Wildman–Crippen LogP) is 2.95. The minimum absolute atomic E-state index is 0.361. The Hall–Kier alpha value is -2.28. The molecule has 1 fully saturated rings. The van der Waals surface area contributed by atoms with Crippen LogP contribution in [0.25, 0.3) is 11.3 Å². The highest BCUT2D eigenvalue weighted by molar-refractivity contribution is 5.62. The largest absolute Gasteiger partial charge is 0.496 e. The fourth-order valence-electron chi connectivity index (χ4n) is 2.28. The first-order valence-corrected chi connectivity index (χ1v) is 6.30. The number of nitrogens with one attached hydrogen (secondary N) is 1. The molecule has 1 saturated carbocycles. The number of nitriles is 1. The Balaban J connectivity index is 1.95. The van der Waals surface area contributed by atoms with Crippen LogP contribution in [0.2, 0.25) is 0 Å². The Kier molecular flexibility index (Phi) is 2.56. The summed E-state index contributed by atoms with van der Waals surface area (Å²) in [4.78, 5) is 7.63. The highest BCUT2D eigenvalue weighted by atomic mass is 16.5. The van der Waals surface area contributed by atoms with Crippen molar-refractivity contribution in [3.05, 3.63) is 35.8 Å². The van der Waals surface area contributed by atoms with E-state index in [1.165, 1.54) is 0 Å². The molecule has 19 heavy (non-hydrogen) atoms. The normalized spacial score (nSPS) is 15.8. The molecule has 0 unspecified atom stereocenters. The number of rotatable bonds is 3. The minimum Gasteiger partial charge on any atom is -0.496 e. The van der Waals surface area contributed by atoms with E-state index < -0.39 is 0 Å². The van der Waals surface area contributed by atoms with Crippen molar-refractivity contribution in [2.75, 3.05) is 7.11 Å². The summed E-state index contributed by atoms with van der Waals surface area (Å²) in [5.74, 6) is 1.66. The maximum Gasteiger partial charge on any atom is 0.127 e. The second-order valence-corrected chi connectivity index (χ2v) is 5.02. The van der Waals surface area contributed by atoms with Crippen LogP contribution in [0.5, 0.6) is 5.75 Å². The Morgan fingerprint density at radius 1 is 1.42 bits per heavy atom. The summed E-state index contributed by atoms with van der Waals surface area (Å²) in [5, 5.41) is 9.18. The third kappa shape index (κ3) is 1.88. The average molecular weight is 253 g/mol. The van der Waals surface area contributed by atoms with E-state index >= 15 is 0 Å². The zero-order valence-corrected chi connectivity index (χ0v) is 11.0. The first-order chi connectivity index (χ1) is 9.18. The Labute approximate surface area is 112 Å². The maximum absolute atomic E-state index is 9.18. The molecule has 0 aliphatic heterocycles. The third-order valence-corrected chi connectivity index (χ3v) is 3.70. The van der Waals surface area contributed by atoms with Gasteiger partial charge in [0.15, 0.2) is 0 Å². The highest BCUT2D eigenvalue weighted by Gasteiger charge is 2.47. The second kappa shape index (κ2) is 4.13. The summed E-state index contributed by atoms with van der Waals surface area (Å²) in [6, 6.07) is 8.35. The topological polar surface area (TPSA) is 61.7 Å². The summed E-state index contributed by atoms with van der Waals surface area (Å²) in [6.07, 6.45) is 3.60. The average Bonchev–Trinajstić information content (AvgIpc) is 3.08. The number of methoxy groups -OCH3 is 1. The number of hydrogen-bond donors (Lipinski definition) is 1. The molecule has 1 aromatic heterocycles. The van der Waals surface area contributed by atoms with Crippen molar-refractivity contribution < 1.29 is 4.74 Å². The van der Waals surface area contributed by atoms with Crippen LogP contribution in [-0.4, -0.2) is 17.1 Å². The van der Waals surface area contributed by atoms with Crippen molar-refractivity contribution in [3.8, 4) is 23.1 Å². The van der Waals surface area contributed by atoms with Crippen LogP contribution in [0, 0.1) is 18.3 Å². The maximum atomic E-state index is 9.18. The number of aryl methyl sites for hydroxylation is 1. The summed E-state index contributed by atoms with van der Waals surface area (Å²) >= 11 is 0. The smallest absolute Gasteiger partial charge is 0.127 e. The van der Waals surface area contributed by atoms with Gasteiger partial charge in [0.05, 0.1) is 25.1 Å². The van der Waals surface area contributed by atoms with E-state index in [2.05, 4.69) is 22.1 Å². The van der Waals surface area contributed by atoms with Gasteiger partial charge in [-0.1, -0.05) is 0 Å². The fourth-order valence-corrected chi connectivity index (χ4v) is 2.28. The Morgan fingerprint density at radius 3 is 2.79 bits per heavy atom. The van der Waals surface area contributed by atoms with Gasteiger partial charge in [0.2, 0.25) is 0 Å². The van der Waals surface area contributed by atoms with E-state index in [0.717, 1.165) is 41.2 Å². The molecule has 0 amide bonds. The molecule has 0 spiro atoms. The van der Waals surface area contributed by atoms with Gasteiger partial charge in [0.25, 0.3) is 0 Å². The first-order valence-electron chi connectivity index (χ1n) is 6.30. The number of ether oxygens (including phenoxy) is 1. The molecule has 3 rings (SSSR count). The van der Waals surface area contributed by atoms with Crippen molar-refractivity contribution in [2.45, 2.75) is 25.2 Å². The lowest BCUT2D eigenvalue weighted by Crippen LogP contribution is -2.04. The molecule has 0 saturated heterocycles. The molecule has 96 valence electrons. The molecular formula is C15H15N3O. The number of aromatic amines is 1. The molecule has 1 heterocycles. The predicted molar refractivity (Wildman–Crippen MR) is 71.8 cm³/mol. The standard InChI is InChI=1S/C15H15N3O/c1-10-7-11(3-4-13(10)19-2)12-8-17-14(18-12)15(9-16)5-6-15/h3-4,7-8H,5-6H2,1-2H3,(H,17,18). The summed E-state index contributed by atoms with van der Waals surface area (Å²) < 4.78 is 5.25. The summed E-state index contributed by atoms with van der Waals surface area (Å²) in [6.45, 7) is 2.01. The zero-order valence-electron chi connectivity index (χ0n) is 11.0. The molecule has 1 aromatic carbocycles. The molecule has 2 aromatic rings. The van der Waals surface area contributed by atoms with Crippen LogP contribution in [0.4, 0.5) is 0 Å². The molecule has 1 N–H and O–H groups in total. The van der Waals surface area contributed by atoms with Crippen molar-refractivity contribution in [2.24, 2.45) is 0 Å². The zero-order chi connectivity index (χ0) is 13.5. The van der Waals surface area contributed by atoms with Gasteiger partial charge in [0.1, 0.15) is 17.0 Å². The van der Waals surface area contributed by atoms with Crippen LogP contribution in [0.1, 0.15) is 24.2 Å². The van der Waals surface area contributed by atoms with Crippen molar-refractivity contribution in [3.63, 3.8) is 0 Å². The molecule has 0 bridgehead atoms. The fraction of sp³-hybridized carbons (Fsp3) is 0.333. The SMILES string of the molecule is COc1ccc(-c2cnc(C3(C#N)CC3)[nH]2)cc1C. The first kappa shape index (κ1) is 11.8. The number of aromatic nitrogens is 2. The Bertz CT molecular complexity index is 662. The van der Waals surface area contributed by atoms with E-state index in [9.17, 15) is 5.26 Å². The molecular weight excluding hydrogens is 238 g/mol. The summed E-state index contributed by atoms with van der Waals surface area (Å²) in [5.41, 5.74) is 2.73. The van der Waals surface area contributed by atoms with E-state index in [4.69, 9.17) is 4.74 Å². The van der Waals surface area contributed by atoms with Gasteiger partial charge < -0.3 is 9.72 Å². The van der Waals surface area contributed by atoms with Gasteiger partial charge >= 0.3 is 0 Å². The van der Waals surface area contributed by atoms with Crippen LogP contribution in [0.15, 0.2) is 24.4 Å². The van der Waals surface area contributed by atoms with E-state index in [-0.39, 0.29) is 5.41 Å². The molecule has 0 radical (unpaired) electrons. The molecule has 1 aliphatic rings. The number of benzene rings is 1. The van der Waals surface area contributed by atoms with Crippen molar-refractivity contribution in [1.82, 2.24) is 9.97 Å². The number of hydrogen-bond acceptors (Lipinski definition) is 3. The van der Waals surface area contributed by atoms with Gasteiger partial charge in [-0.3, -0.25) is 0 Å². The van der Waals surface area contributed by atoms with Gasteiger partial charge in [-0.25, -0.2) is 4.98 Å². The molecule has 4 nitrogen and oxygen atoms in total. The summed E-state index contributed by atoms with van der Waals surface area (Å²) in [7, 11) is 1.67. The van der Waals surface area contributed by atoms with Gasteiger partial charge in [0, 0.05) is 5.56 Å². The number of H-pyrrole nitrogens is 1.